The molecule has 1 N–H and O–H groups in total. The zero-order valence-electron chi connectivity index (χ0n) is 10.4. The van der Waals surface area contributed by atoms with Crippen LogP contribution in [0.3, 0.4) is 0 Å². The van der Waals surface area contributed by atoms with Crippen LogP contribution in [0.4, 0.5) is 0 Å². The van der Waals surface area contributed by atoms with E-state index in [9.17, 15) is 14.7 Å². The predicted octanol–water partition coefficient (Wildman–Crippen LogP) is 1.18. The van der Waals surface area contributed by atoms with Gasteiger partial charge in [-0.3, -0.25) is 9.59 Å². The first-order valence-electron chi connectivity index (χ1n) is 5.94. The van der Waals surface area contributed by atoms with E-state index < -0.39 is 5.60 Å². The normalized spacial score (nSPS) is 28.5. The van der Waals surface area contributed by atoms with Gasteiger partial charge in [-0.05, 0) is 25.7 Å². The molecule has 1 rings (SSSR count). The number of carbonyl (C=O) groups excluding carboxylic acids is 2. The third kappa shape index (κ3) is 5.17. The summed E-state index contributed by atoms with van der Waals surface area (Å²) in [6.45, 7) is 2.98. The summed E-state index contributed by atoms with van der Waals surface area (Å²) in [7, 11) is 0. The highest BCUT2D eigenvalue weighted by atomic mass is 16.5. The Hall–Kier alpha value is -1.10. The molecule has 0 aromatic heterocycles. The second-order valence-corrected chi connectivity index (χ2v) is 4.62. The largest absolute Gasteiger partial charge is 0.466 e. The lowest BCUT2D eigenvalue weighted by molar-refractivity contribution is -0.153. The minimum atomic E-state index is -0.786. The van der Waals surface area contributed by atoms with E-state index in [0.717, 1.165) is 0 Å². The molecule has 17 heavy (non-hydrogen) atoms. The number of rotatable bonds is 4. The van der Waals surface area contributed by atoms with Crippen molar-refractivity contribution in [2.24, 2.45) is 0 Å². The quantitative estimate of drug-likeness (QED) is 0.752. The SMILES string of the molecule is CC(=O)OCCC1(O)CCC(OC(C)=O)CC1. The van der Waals surface area contributed by atoms with Gasteiger partial charge in [-0.2, -0.15) is 0 Å². The number of ether oxygens (including phenoxy) is 2. The Bertz CT molecular complexity index is 279. The number of hydrogen-bond acceptors (Lipinski definition) is 5. The lowest BCUT2D eigenvalue weighted by Crippen LogP contribution is -2.38. The van der Waals surface area contributed by atoms with Crippen LogP contribution >= 0.6 is 0 Å². The smallest absolute Gasteiger partial charge is 0.302 e. The molecule has 5 heteroatoms. The number of esters is 2. The van der Waals surface area contributed by atoms with Gasteiger partial charge < -0.3 is 14.6 Å². The number of carbonyl (C=O) groups is 2. The van der Waals surface area contributed by atoms with Crippen molar-refractivity contribution < 1.29 is 24.2 Å². The Morgan fingerprint density at radius 2 is 1.82 bits per heavy atom. The second-order valence-electron chi connectivity index (χ2n) is 4.62. The molecule has 0 radical (unpaired) electrons. The molecular weight excluding hydrogens is 224 g/mol. The van der Waals surface area contributed by atoms with E-state index in [1.807, 2.05) is 0 Å². The zero-order chi connectivity index (χ0) is 12.9. The van der Waals surface area contributed by atoms with Crippen LogP contribution < -0.4 is 0 Å². The Morgan fingerprint density at radius 1 is 1.24 bits per heavy atom. The van der Waals surface area contributed by atoms with E-state index in [0.29, 0.717) is 32.1 Å². The third-order valence-electron chi connectivity index (χ3n) is 3.07. The summed E-state index contributed by atoms with van der Waals surface area (Å²) in [5.74, 6) is -0.609. The first kappa shape index (κ1) is 14.0. The van der Waals surface area contributed by atoms with Crippen LogP contribution in [0.5, 0.6) is 0 Å². The maximum absolute atomic E-state index is 10.8. The van der Waals surface area contributed by atoms with Gasteiger partial charge in [0.1, 0.15) is 6.10 Å². The van der Waals surface area contributed by atoms with E-state index in [2.05, 4.69) is 0 Å². The summed E-state index contributed by atoms with van der Waals surface area (Å²) in [6, 6.07) is 0. The van der Waals surface area contributed by atoms with Crippen molar-refractivity contribution in [3.63, 3.8) is 0 Å². The molecule has 1 saturated carbocycles. The van der Waals surface area contributed by atoms with Crippen molar-refractivity contribution in [3.8, 4) is 0 Å². The molecule has 0 aliphatic heterocycles. The van der Waals surface area contributed by atoms with Gasteiger partial charge in [0.05, 0.1) is 12.2 Å². The fraction of sp³-hybridized carbons (Fsp3) is 0.833. The fourth-order valence-electron chi connectivity index (χ4n) is 2.12. The van der Waals surface area contributed by atoms with Gasteiger partial charge in [0.25, 0.3) is 0 Å². The Labute approximate surface area is 101 Å². The number of aliphatic hydroxyl groups is 1. The van der Waals surface area contributed by atoms with E-state index in [-0.39, 0.29) is 24.6 Å². The standard InChI is InChI=1S/C12H20O5/c1-9(13)16-8-7-12(15)5-3-11(4-6-12)17-10(2)14/h11,15H,3-8H2,1-2H3. The summed E-state index contributed by atoms with van der Waals surface area (Å²) in [4.78, 5) is 21.4. The van der Waals surface area contributed by atoms with Crippen molar-refractivity contribution in [3.05, 3.63) is 0 Å². The molecular formula is C12H20O5. The topological polar surface area (TPSA) is 72.8 Å². The van der Waals surface area contributed by atoms with Gasteiger partial charge in [0, 0.05) is 20.3 Å². The van der Waals surface area contributed by atoms with Crippen LogP contribution in [0.1, 0.15) is 46.0 Å². The monoisotopic (exact) mass is 244 g/mol. The Balaban J connectivity index is 2.28. The highest BCUT2D eigenvalue weighted by Gasteiger charge is 2.34. The summed E-state index contributed by atoms with van der Waals surface area (Å²) >= 11 is 0. The fourth-order valence-corrected chi connectivity index (χ4v) is 2.12. The molecule has 0 amide bonds. The molecule has 0 spiro atoms. The van der Waals surface area contributed by atoms with Crippen LogP contribution in [-0.4, -0.2) is 35.4 Å². The van der Waals surface area contributed by atoms with E-state index in [1.165, 1.54) is 13.8 Å². The third-order valence-corrected chi connectivity index (χ3v) is 3.07. The van der Waals surface area contributed by atoms with Gasteiger partial charge in [-0.25, -0.2) is 0 Å². The summed E-state index contributed by atoms with van der Waals surface area (Å²) in [6.07, 6.45) is 2.84. The second kappa shape index (κ2) is 6.00. The molecule has 0 atom stereocenters. The summed E-state index contributed by atoms with van der Waals surface area (Å²) in [5.41, 5.74) is -0.786. The van der Waals surface area contributed by atoms with E-state index in [1.54, 1.807) is 0 Å². The van der Waals surface area contributed by atoms with Crippen LogP contribution in [0, 0.1) is 0 Å². The molecule has 0 bridgehead atoms. The van der Waals surface area contributed by atoms with Crippen molar-refractivity contribution in [2.45, 2.75) is 57.7 Å². The molecule has 0 aromatic rings. The van der Waals surface area contributed by atoms with Crippen LogP contribution in [0.2, 0.25) is 0 Å². The van der Waals surface area contributed by atoms with Crippen LogP contribution in [-0.2, 0) is 19.1 Å². The van der Waals surface area contributed by atoms with Gasteiger partial charge in [0.15, 0.2) is 0 Å². The maximum Gasteiger partial charge on any atom is 0.302 e. The molecule has 1 aliphatic rings. The first-order valence-corrected chi connectivity index (χ1v) is 5.94. The minimum Gasteiger partial charge on any atom is -0.466 e. The van der Waals surface area contributed by atoms with Gasteiger partial charge in [-0.1, -0.05) is 0 Å². The Morgan fingerprint density at radius 3 is 2.29 bits per heavy atom. The lowest BCUT2D eigenvalue weighted by atomic mass is 9.81. The van der Waals surface area contributed by atoms with E-state index in [4.69, 9.17) is 9.47 Å². The molecule has 1 fully saturated rings. The van der Waals surface area contributed by atoms with Crippen molar-refractivity contribution in [2.75, 3.05) is 6.61 Å². The molecule has 0 heterocycles. The minimum absolute atomic E-state index is 0.0819. The number of hydrogen-bond donors (Lipinski definition) is 1. The van der Waals surface area contributed by atoms with Crippen LogP contribution in [0.15, 0.2) is 0 Å². The summed E-state index contributed by atoms with van der Waals surface area (Å²) < 4.78 is 9.91. The predicted molar refractivity (Wildman–Crippen MR) is 60.2 cm³/mol. The van der Waals surface area contributed by atoms with Crippen molar-refractivity contribution in [1.29, 1.82) is 0 Å². The average molecular weight is 244 g/mol. The Kier molecular flexibility index (Phi) is 4.93. The van der Waals surface area contributed by atoms with Crippen molar-refractivity contribution >= 4 is 11.9 Å². The maximum atomic E-state index is 10.8. The van der Waals surface area contributed by atoms with E-state index >= 15 is 0 Å². The molecule has 0 saturated heterocycles. The molecule has 1 aliphatic carbocycles. The zero-order valence-corrected chi connectivity index (χ0v) is 10.4. The summed E-state index contributed by atoms with van der Waals surface area (Å²) in [5, 5.41) is 10.2. The molecule has 0 unspecified atom stereocenters. The first-order chi connectivity index (χ1) is 7.91. The van der Waals surface area contributed by atoms with Crippen LogP contribution in [0.25, 0.3) is 0 Å². The highest BCUT2D eigenvalue weighted by molar-refractivity contribution is 5.66. The van der Waals surface area contributed by atoms with Gasteiger partial charge >= 0.3 is 11.9 Å². The van der Waals surface area contributed by atoms with Gasteiger partial charge in [-0.15, -0.1) is 0 Å². The lowest BCUT2D eigenvalue weighted by Gasteiger charge is -2.35. The van der Waals surface area contributed by atoms with Crippen molar-refractivity contribution in [1.82, 2.24) is 0 Å². The molecule has 0 aromatic carbocycles. The molecule has 98 valence electrons. The highest BCUT2D eigenvalue weighted by Crippen LogP contribution is 2.32. The van der Waals surface area contributed by atoms with Gasteiger partial charge in [0.2, 0.25) is 0 Å². The average Bonchev–Trinajstić information content (AvgIpc) is 2.21. The molecule has 5 nitrogen and oxygen atoms in total.